The molecule has 2 spiro atoms. The van der Waals surface area contributed by atoms with Gasteiger partial charge in [0.25, 0.3) is 0 Å². The third-order valence-corrected chi connectivity index (χ3v) is 26.2. The molecule has 6 heterocycles. The molecule has 4 aromatic heterocycles. The largest absolute Gasteiger partial charge is 0.457 e. The number of hydrogen-bond acceptors (Lipinski definition) is 8. The van der Waals surface area contributed by atoms with E-state index >= 15 is 0 Å². The molecule has 2 aliphatic carbocycles. The van der Waals surface area contributed by atoms with E-state index in [2.05, 4.69) is 386 Å². The monoisotopic (exact) mass is 1470 g/mol. The Labute approximate surface area is 652 Å². The molecule has 0 atom stereocenters. The average molecular weight is 1470 g/mol. The van der Waals surface area contributed by atoms with E-state index in [-0.39, 0.29) is 0 Å². The third kappa shape index (κ3) is 8.90. The summed E-state index contributed by atoms with van der Waals surface area (Å²) in [5, 5.41) is 9.48. The predicted molar refractivity (Wildman–Crippen MR) is 463 cm³/mol. The van der Waals surface area contributed by atoms with Gasteiger partial charge in [-0.1, -0.05) is 255 Å². The zero-order valence-electron chi connectivity index (χ0n) is 60.1. The van der Waals surface area contributed by atoms with Gasteiger partial charge in [0, 0.05) is 85.6 Å². The summed E-state index contributed by atoms with van der Waals surface area (Å²) in [4.78, 5) is 4.86. The van der Waals surface area contributed by atoms with Crippen molar-refractivity contribution in [1.82, 2.24) is 0 Å². The molecule has 0 bridgehead atoms. The molecular formula is C104H62N2O4S2. The van der Waals surface area contributed by atoms with Crippen LogP contribution < -0.4 is 19.3 Å². The fourth-order valence-electron chi connectivity index (χ4n) is 19.4. The summed E-state index contributed by atoms with van der Waals surface area (Å²) in [5.41, 5.74) is 25.6. The van der Waals surface area contributed by atoms with E-state index in [1.165, 1.54) is 84.9 Å². The maximum Gasteiger partial charge on any atom is 0.137 e. The smallest absolute Gasteiger partial charge is 0.137 e. The predicted octanol–water partition coefficient (Wildman–Crippen LogP) is 29.5. The standard InChI is InChI=1S/C55H33NO2S.C49H29NO2S/c1-2-15-34(16-3-1)36-17-5-10-23-46(36)56(35-29-30-39-38-19-6-13-28-52(38)59-53(39)31-35)47-24-14-27-50-54(47)41-32-40-37-18-4-7-20-42(37)55(45(40)33-51(41)58-50)43-21-8-11-25-48(43)57-49-26-12-9-22-44(49)55;1-2-14-30(15-3-1)50(41-23-12-18-33-32-17-5-11-27-46(32)53-48(33)41)40-22-13-26-44-47(40)35-28-34-31-16-4-6-19-36(31)49(39(34)29-45(35)52-44)37-20-7-9-24-42(37)51-43-25-10-8-21-38(43)49/h1-33H;1-29H. The molecule has 8 heteroatoms. The van der Waals surface area contributed by atoms with Crippen molar-refractivity contribution < 1.29 is 18.3 Å². The second kappa shape index (κ2) is 24.2. The van der Waals surface area contributed by atoms with E-state index in [1.807, 2.05) is 22.7 Å². The first-order chi connectivity index (χ1) is 55.5. The molecule has 0 amide bonds. The molecule has 0 saturated heterocycles. The lowest BCUT2D eigenvalue weighted by Gasteiger charge is -2.39. The van der Waals surface area contributed by atoms with Gasteiger partial charge in [-0.05, 0) is 171 Å². The van der Waals surface area contributed by atoms with Crippen molar-refractivity contribution in [3.05, 3.63) is 421 Å². The maximum absolute atomic E-state index is 7.02. The highest BCUT2D eigenvalue weighted by Gasteiger charge is 2.53. The summed E-state index contributed by atoms with van der Waals surface area (Å²) < 4.78 is 32.2. The van der Waals surface area contributed by atoms with Gasteiger partial charge in [0.1, 0.15) is 45.3 Å². The van der Waals surface area contributed by atoms with Crippen molar-refractivity contribution in [2.75, 3.05) is 9.80 Å². The van der Waals surface area contributed by atoms with Gasteiger partial charge in [0.2, 0.25) is 0 Å². The minimum atomic E-state index is -0.576. The minimum Gasteiger partial charge on any atom is -0.457 e. The highest BCUT2D eigenvalue weighted by Crippen LogP contribution is 2.66. The lowest BCUT2D eigenvalue weighted by molar-refractivity contribution is 0.436. The van der Waals surface area contributed by atoms with Gasteiger partial charge in [-0.2, -0.15) is 0 Å². The van der Waals surface area contributed by atoms with Crippen LogP contribution in [0.25, 0.3) is 118 Å². The van der Waals surface area contributed by atoms with Crippen LogP contribution in [-0.2, 0) is 10.8 Å². The van der Waals surface area contributed by atoms with Gasteiger partial charge >= 0.3 is 0 Å². The van der Waals surface area contributed by atoms with E-state index in [4.69, 9.17) is 18.3 Å². The quantitative estimate of drug-likeness (QED) is 0.158. The van der Waals surface area contributed by atoms with Gasteiger partial charge in [-0.3, -0.25) is 0 Å². The molecule has 2 aliphatic heterocycles. The number of anilines is 6. The van der Waals surface area contributed by atoms with Crippen LogP contribution in [0.3, 0.4) is 0 Å². The summed E-state index contributed by atoms with van der Waals surface area (Å²) in [6.45, 7) is 0. The second-order valence-electron chi connectivity index (χ2n) is 29.5. The fourth-order valence-corrected chi connectivity index (χ4v) is 21.7. The zero-order chi connectivity index (χ0) is 73.3. The third-order valence-electron chi connectivity index (χ3n) is 23.9. The van der Waals surface area contributed by atoms with Crippen molar-refractivity contribution >= 4 is 141 Å². The van der Waals surface area contributed by atoms with Crippen LogP contribution in [0.15, 0.2) is 385 Å². The molecule has 4 aliphatic rings. The van der Waals surface area contributed by atoms with Gasteiger partial charge in [0.15, 0.2) is 0 Å². The van der Waals surface area contributed by atoms with Crippen LogP contribution in [0.2, 0.25) is 0 Å². The number of nitrogens with zero attached hydrogens (tertiary/aromatic N) is 2. The summed E-state index contributed by atoms with van der Waals surface area (Å²) in [7, 11) is 0. The van der Waals surface area contributed by atoms with Crippen LogP contribution in [0.1, 0.15) is 44.5 Å². The number of ether oxygens (including phenoxy) is 2. The highest BCUT2D eigenvalue weighted by molar-refractivity contribution is 7.26. The Morgan fingerprint density at radius 3 is 1.18 bits per heavy atom. The molecule has 17 aromatic carbocycles. The van der Waals surface area contributed by atoms with Crippen LogP contribution in [0.5, 0.6) is 23.0 Å². The van der Waals surface area contributed by atoms with E-state index < -0.39 is 10.8 Å². The molecule has 0 unspecified atom stereocenters. The number of rotatable bonds is 7. The van der Waals surface area contributed by atoms with E-state index in [0.717, 1.165) is 134 Å². The Balaban J connectivity index is 0.000000131. The molecule has 112 heavy (non-hydrogen) atoms. The summed E-state index contributed by atoms with van der Waals surface area (Å²) in [6.07, 6.45) is 0. The number of para-hydroxylation sites is 6. The van der Waals surface area contributed by atoms with Crippen LogP contribution >= 0.6 is 22.7 Å². The van der Waals surface area contributed by atoms with Gasteiger partial charge in [-0.15, -0.1) is 22.7 Å². The number of fused-ring (bicyclic) bond motifs is 30. The molecule has 21 aromatic rings. The van der Waals surface area contributed by atoms with Gasteiger partial charge in [-0.25, -0.2) is 0 Å². The average Bonchev–Trinajstić information content (AvgIpc) is 1.52. The SMILES string of the molecule is c1ccc(-c2ccccc2N(c2ccc3c(c2)sc2ccccc23)c2cccc3oc4cc5c(cc4c23)-c2ccccc2C52c3ccccc3Oc3ccccc32)cc1.c1ccc(N(c2cccc3c2sc2ccccc23)c2cccc3oc4cc5c(cc4c23)-c2ccccc2C52c3ccccc3Oc3ccccc32)cc1. The van der Waals surface area contributed by atoms with Crippen molar-refractivity contribution in [2.45, 2.75) is 10.8 Å². The lowest BCUT2D eigenvalue weighted by Crippen LogP contribution is -2.32. The normalized spacial score (nSPS) is 13.5. The topological polar surface area (TPSA) is 51.2 Å². The van der Waals surface area contributed by atoms with Crippen molar-refractivity contribution in [1.29, 1.82) is 0 Å². The number of benzene rings is 17. The molecule has 6 nitrogen and oxygen atoms in total. The Hall–Kier alpha value is -14.0. The number of hydrogen-bond donors (Lipinski definition) is 0. The Morgan fingerprint density at radius 2 is 0.625 bits per heavy atom. The van der Waals surface area contributed by atoms with E-state index in [0.29, 0.717) is 0 Å². The zero-order valence-corrected chi connectivity index (χ0v) is 61.8. The van der Waals surface area contributed by atoms with E-state index in [9.17, 15) is 0 Å². The Morgan fingerprint density at radius 1 is 0.223 bits per heavy atom. The van der Waals surface area contributed by atoms with Gasteiger partial charge < -0.3 is 28.1 Å². The van der Waals surface area contributed by atoms with E-state index in [1.54, 1.807) is 0 Å². The van der Waals surface area contributed by atoms with Gasteiger partial charge in [0.05, 0.1) is 49.1 Å². The first-order valence-corrected chi connectivity index (χ1v) is 39.7. The second-order valence-corrected chi connectivity index (χ2v) is 31.6. The van der Waals surface area contributed by atoms with Crippen LogP contribution in [-0.4, -0.2) is 0 Å². The fraction of sp³-hybridized carbons (Fsp3) is 0.0192. The Kier molecular flexibility index (Phi) is 13.6. The molecule has 0 radical (unpaired) electrons. The van der Waals surface area contributed by atoms with Crippen LogP contribution in [0, 0.1) is 0 Å². The minimum absolute atomic E-state index is 0.555. The summed E-state index contributed by atoms with van der Waals surface area (Å²) in [6, 6.07) is 135. The molecule has 0 N–H and O–H groups in total. The maximum atomic E-state index is 7.02. The van der Waals surface area contributed by atoms with Crippen molar-refractivity contribution in [2.24, 2.45) is 0 Å². The first-order valence-electron chi connectivity index (χ1n) is 38.1. The number of thiophene rings is 2. The molecule has 0 fully saturated rings. The molecule has 0 saturated carbocycles. The molecule has 25 rings (SSSR count). The van der Waals surface area contributed by atoms with Crippen molar-refractivity contribution in [3.63, 3.8) is 0 Å². The number of furan rings is 2. The highest BCUT2D eigenvalue weighted by atomic mass is 32.1. The Bertz CT molecular complexity index is 7420. The first kappa shape index (κ1) is 63.0. The van der Waals surface area contributed by atoms with Crippen molar-refractivity contribution in [3.8, 4) is 56.4 Å². The summed E-state index contributed by atoms with van der Waals surface area (Å²) in [5.74, 6) is 3.53. The summed E-state index contributed by atoms with van der Waals surface area (Å²) >= 11 is 3.70. The molecular weight excluding hydrogens is 1410 g/mol. The lowest BCUT2D eigenvalue weighted by atomic mass is 9.66. The molecule has 524 valence electrons. The van der Waals surface area contributed by atoms with Crippen LogP contribution in [0.4, 0.5) is 34.1 Å².